The van der Waals surface area contributed by atoms with Crippen molar-refractivity contribution in [2.75, 3.05) is 39.3 Å². The van der Waals surface area contributed by atoms with Gasteiger partial charge in [0, 0.05) is 73.1 Å². The van der Waals surface area contributed by atoms with Crippen LogP contribution in [0.2, 0.25) is 10.0 Å². The molecule has 35 heavy (non-hydrogen) atoms. The van der Waals surface area contributed by atoms with Gasteiger partial charge in [0.15, 0.2) is 5.01 Å². The number of halogens is 2. The molecule has 0 atom stereocenters. The minimum absolute atomic E-state index is 0.0161. The number of thioether (sulfide) groups is 1. The number of thiazole rings is 1. The standard InChI is InChI=1S/C25H24Cl2N4O2S2/c26-21-3-1-2-18(22(21)27)16-35-20-6-4-17(5-7-20)24(32)31-14-19(15-31)29-9-11-30(12-10-29)25(33)23-28-8-13-34-23/h1-8,13,19H,9-12,14-16H2. The number of nitrogens with zero attached hydrogens (tertiary/aromatic N) is 4. The summed E-state index contributed by atoms with van der Waals surface area (Å²) in [5.41, 5.74) is 1.69. The van der Waals surface area contributed by atoms with Crippen LogP contribution in [0.3, 0.4) is 0 Å². The predicted molar refractivity (Wildman–Crippen MR) is 142 cm³/mol. The van der Waals surface area contributed by atoms with Gasteiger partial charge in [0.2, 0.25) is 0 Å². The van der Waals surface area contributed by atoms with E-state index in [9.17, 15) is 9.59 Å². The lowest BCUT2D eigenvalue weighted by Gasteiger charge is -2.48. The third-order valence-corrected chi connectivity index (χ3v) is 9.09. The van der Waals surface area contributed by atoms with E-state index in [0.717, 1.165) is 36.6 Å². The highest BCUT2D eigenvalue weighted by Gasteiger charge is 2.37. The van der Waals surface area contributed by atoms with Crippen LogP contribution in [-0.2, 0) is 5.75 Å². The Morgan fingerprint density at radius 2 is 1.71 bits per heavy atom. The van der Waals surface area contributed by atoms with Crippen molar-refractivity contribution in [1.82, 2.24) is 19.7 Å². The van der Waals surface area contributed by atoms with Crippen molar-refractivity contribution in [2.24, 2.45) is 0 Å². The molecule has 0 saturated carbocycles. The molecule has 10 heteroatoms. The number of hydrogen-bond donors (Lipinski definition) is 0. The summed E-state index contributed by atoms with van der Waals surface area (Å²) >= 11 is 15.4. The highest BCUT2D eigenvalue weighted by atomic mass is 35.5. The Hall–Kier alpha value is -2.10. The maximum absolute atomic E-state index is 12.9. The van der Waals surface area contributed by atoms with Crippen molar-refractivity contribution >= 4 is 58.1 Å². The summed E-state index contributed by atoms with van der Waals surface area (Å²) in [5, 5.41) is 3.53. The zero-order valence-electron chi connectivity index (χ0n) is 18.9. The molecule has 1 aromatic heterocycles. The molecule has 2 aromatic carbocycles. The van der Waals surface area contributed by atoms with Crippen molar-refractivity contribution in [3.63, 3.8) is 0 Å². The second-order valence-electron chi connectivity index (χ2n) is 8.56. The van der Waals surface area contributed by atoms with E-state index in [1.807, 2.05) is 51.6 Å². The van der Waals surface area contributed by atoms with E-state index in [1.165, 1.54) is 11.3 Å². The van der Waals surface area contributed by atoms with Crippen LogP contribution in [0.5, 0.6) is 0 Å². The normalized spacial score (nSPS) is 16.9. The highest BCUT2D eigenvalue weighted by Crippen LogP contribution is 2.31. The largest absolute Gasteiger partial charge is 0.335 e. The van der Waals surface area contributed by atoms with Crippen molar-refractivity contribution in [3.05, 3.63) is 80.2 Å². The average Bonchev–Trinajstić information content (AvgIpc) is 3.39. The molecule has 0 spiro atoms. The monoisotopic (exact) mass is 546 g/mol. The van der Waals surface area contributed by atoms with E-state index in [4.69, 9.17) is 23.2 Å². The van der Waals surface area contributed by atoms with Gasteiger partial charge in [0.05, 0.1) is 10.0 Å². The minimum atomic E-state index is 0.0161. The Labute approximate surface area is 222 Å². The third-order valence-electron chi connectivity index (χ3n) is 6.41. The van der Waals surface area contributed by atoms with Crippen LogP contribution in [0.15, 0.2) is 58.9 Å². The van der Waals surface area contributed by atoms with E-state index in [2.05, 4.69) is 9.88 Å². The molecular formula is C25H24Cl2N4O2S2. The highest BCUT2D eigenvalue weighted by molar-refractivity contribution is 7.98. The summed E-state index contributed by atoms with van der Waals surface area (Å²) in [4.78, 5) is 36.7. The van der Waals surface area contributed by atoms with Crippen LogP contribution in [0.25, 0.3) is 0 Å². The molecule has 0 aliphatic carbocycles. The molecule has 3 aromatic rings. The molecule has 2 fully saturated rings. The summed E-state index contributed by atoms with van der Waals surface area (Å²) in [5.74, 6) is 0.791. The molecule has 0 unspecified atom stereocenters. The fourth-order valence-electron chi connectivity index (χ4n) is 4.30. The number of benzene rings is 2. The molecule has 2 saturated heterocycles. The fraction of sp³-hybridized carbons (Fsp3) is 0.320. The average molecular weight is 548 g/mol. The quantitative estimate of drug-likeness (QED) is 0.406. The number of aromatic nitrogens is 1. The summed E-state index contributed by atoms with van der Waals surface area (Å²) in [6.07, 6.45) is 1.66. The smallest absolute Gasteiger partial charge is 0.282 e. The van der Waals surface area contributed by atoms with Crippen LogP contribution in [0.1, 0.15) is 25.7 Å². The van der Waals surface area contributed by atoms with Gasteiger partial charge >= 0.3 is 0 Å². The molecule has 2 aliphatic heterocycles. The molecule has 2 aliphatic rings. The van der Waals surface area contributed by atoms with Gasteiger partial charge in [-0.3, -0.25) is 14.5 Å². The van der Waals surface area contributed by atoms with Crippen molar-refractivity contribution in [2.45, 2.75) is 16.7 Å². The predicted octanol–water partition coefficient (Wildman–Crippen LogP) is 5.02. The first-order valence-corrected chi connectivity index (χ1v) is 14.0. The van der Waals surface area contributed by atoms with Gasteiger partial charge in [-0.25, -0.2) is 4.98 Å². The van der Waals surface area contributed by atoms with Crippen LogP contribution < -0.4 is 0 Å². The number of rotatable bonds is 6. The summed E-state index contributed by atoms with van der Waals surface area (Å²) < 4.78 is 0. The van der Waals surface area contributed by atoms with Gasteiger partial charge in [-0.2, -0.15) is 0 Å². The summed E-state index contributed by atoms with van der Waals surface area (Å²) in [6.45, 7) is 4.50. The van der Waals surface area contributed by atoms with Gasteiger partial charge < -0.3 is 9.80 Å². The molecule has 182 valence electrons. The molecular weight excluding hydrogens is 523 g/mol. The van der Waals surface area contributed by atoms with E-state index in [1.54, 1.807) is 24.0 Å². The van der Waals surface area contributed by atoms with Gasteiger partial charge in [-0.15, -0.1) is 23.1 Å². The molecule has 5 rings (SSSR count). The summed E-state index contributed by atoms with van der Waals surface area (Å²) in [7, 11) is 0. The van der Waals surface area contributed by atoms with Crippen LogP contribution in [-0.4, -0.2) is 76.8 Å². The molecule has 0 N–H and O–H groups in total. The molecule has 6 nitrogen and oxygen atoms in total. The second kappa shape index (κ2) is 10.9. The number of amides is 2. The Morgan fingerprint density at radius 3 is 2.40 bits per heavy atom. The number of likely N-dealkylation sites (tertiary alicyclic amines) is 1. The number of carbonyl (C=O) groups is 2. The topological polar surface area (TPSA) is 56.8 Å². The lowest BCUT2D eigenvalue weighted by Crippen LogP contribution is -2.64. The second-order valence-corrected chi connectivity index (χ2v) is 11.3. The Kier molecular flexibility index (Phi) is 7.65. The van der Waals surface area contributed by atoms with E-state index < -0.39 is 0 Å². The maximum atomic E-state index is 12.9. The Bertz CT molecular complexity index is 1190. The van der Waals surface area contributed by atoms with Gasteiger partial charge in [-0.05, 0) is 35.9 Å². The van der Waals surface area contributed by atoms with E-state index in [0.29, 0.717) is 45.5 Å². The van der Waals surface area contributed by atoms with Crippen molar-refractivity contribution in [3.8, 4) is 0 Å². The molecule has 3 heterocycles. The maximum Gasteiger partial charge on any atom is 0.282 e. The third kappa shape index (κ3) is 5.52. The van der Waals surface area contributed by atoms with E-state index in [-0.39, 0.29) is 11.8 Å². The first-order chi connectivity index (χ1) is 17.0. The molecule has 2 amide bonds. The molecule has 0 radical (unpaired) electrons. The Morgan fingerprint density at radius 1 is 0.971 bits per heavy atom. The first-order valence-electron chi connectivity index (χ1n) is 11.4. The number of carbonyl (C=O) groups excluding carboxylic acids is 2. The number of piperazine rings is 1. The lowest BCUT2D eigenvalue weighted by molar-refractivity contribution is 0.00853. The zero-order valence-corrected chi connectivity index (χ0v) is 22.0. The zero-order chi connectivity index (χ0) is 24.4. The minimum Gasteiger partial charge on any atom is -0.335 e. The van der Waals surface area contributed by atoms with E-state index >= 15 is 0 Å². The number of hydrogen-bond acceptors (Lipinski definition) is 6. The summed E-state index contributed by atoms with van der Waals surface area (Å²) in [6, 6.07) is 13.7. The SMILES string of the molecule is O=C(c1ccc(SCc2cccc(Cl)c2Cl)cc1)N1CC(N2CCN(C(=O)c3nccs3)CC2)C1. The van der Waals surface area contributed by atoms with Gasteiger partial charge in [0.25, 0.3) is 11.8 Å². The Balaban J connectivity index is 1.08. The van der Waals surface area contributed by atoms with Gasteiger partial charge in [-0.1, -0.05) is 35.3 Å². The van der Waals surface area contributed by atoms with Crippen LogP contribution in [0, 0.1) is 0 Å². The van der Waals surface area contributed by atoms with Crippen molar-refractivity contribution in [1.29, 1.82) is 0 Å². The lowest BCUT2D eigenvalue weighted by atomic mass is 10.0. The van der Waals surface area contributed by atoms with Crippen LogP contribution in [0.4, 0.5) is 0 Å². The fourth-order valence-corrected chi connectivity index (χ4v) is 6.26. The van der Waals surface area contributed by atoms with Crippen molar-refractivity contribution < 1.29 is 9.59 Å². The molecule has 0 bridgehead atoms. The first kappa shape index (κ1) is 24.6. The van der Waals surface area contributed by atoms with Gasteiger partial charge in [0.1, 0.15) is 0 Å². The van der Waals surface area contributed by atoms with Crippen LogP contribution >= 0.6 is 46.3 Å².